The van der Waals surface area contributed by atoms with Crippen LogP contribution in [-0.2, 0) is 4.79 Å². The number of carboxylic acids is 1. The summed E-state index contributed by atoms with van der Waals surface area (Å²) in [5.41, 5.74) is 0.552. The van der Waals surface area contributed by atoms with E-state index in [9.17, 15) is 19.5 Å². The number of aliphatic carboxylic acids is 1. The van der Waals surface area contributed by atoms with E-state index in [1.54, 1.807) is 39.0 Å². The maximum Gasteiger partial charge on any atom is 0.309 e. The standard InChI is InChI=1S/C23H23NO5/c1-14-18(25)16-10-7-11-17(21(26)24-13-12-23(2,3)22(27)28)20(16)29-19(14)15-8-5-4-6-9-15/h4-11H,12-13H2,1-3H3,(H,24,26)(H,27,28). The third-order valence-electron chi connectivity index (χ3n) is 5.04. The topological polar surface area (TPSA) is 96.6 Å². The zero-order valence-corrected chi connectivity index (χ0v) is 16.6. The second-order valence-electron chi connectivity index (χ2n) is 7.63. The van der Waals surface area contributed by atoms with Crippen molar-refractivity contribution < 1.29 is 19.1 Å². The second-order valence-corrected chi connectivity index (χ2v) is 7.63. The highest BCUT2D eigenvalue weighted by atomic mass is 16.4. The summed E-state index contributed by atoms with van der Waals surface area (Å²) in [6.45, 7) is 5.10. The molecule has 29 heavy (non-hydrogen) atoms. The fourth-order valence-corrected chi connectivity index (χ4v) is 3.04. The van der Waals surface area contributed by atoms with Crippen molar-refractivity contribution in [1.82, 2.24) is 5.32 Å². The Morgan fingerprint density at radius 3 is 2.41 bits per heavy atom. The minimum absolute atomic E-state index is 0.188. The molecule has 6 heteroatoms. The second kappa shape index (κ2) is 7.91. The Labute approximate surface area is 168 Å². The van der Waals surface area contributed by atoms with Gasteiger partial charge in [-0.2, -0.15) is 0 Å². The summed E-state index contributed by atoms with van der Waals surface area (Å²) in [6, 6.07) is 14.1. The number of benzene rings is 2. The van der Waals surface area contributed by atoms with Crippen LogP contribution in [0.4, 0.5) is 0 Å². The first-order valence-electron chi connectivity index (χ1n) is 9.36. The van der Waals surface area contributed by atoms with E-state index in [0.29, 0.717) is 16.7 Å². The SMILES string of the molecule is Cc1c(-c2ccccc2)oc2c(C(=O)NCCC(C)(C)C(=O)O)cccc2c1=O. The molecule has 150 valence electrons. The molecule has 6 nitrogen and oxygen atoms in total. The lowest BCUT2D eigenvalue weighted by Crippen LogP contribution is -2.32. The Kier molecular flexibility index (Phi) is 5.55. The molecule has 0 saturated heterocycles. The molecule has 0 bridgehead atoms. The van der Waals surface area contributed by atoms with Crippen LogP contribution in [0.1, 0.15) is 36.2 Å². The number of hydrogen-bond donors (Lipinski definition) is 2. The fourth-order valence-electron chi connectivity index (χ4n) is 3.04. The molecule has 0 atom stereocenters. The lowest BCUT2D eigenvalue weighted by Gasteiger charge is -2.19. The van der Waals surface area contributed by atoms with Gasteiger partial charge in [-0.3, -0.25) is 14.4 Å². The van der Waals surface area contributed by atoms with Crippen molar-refractivity contribution in [3.05, 3.63) is 69.9 Å². The van der Waals surface area contributed by atoms with Crippen molar-refractivity contribution in [2.75, 3.05) is 6.54 Å². The van der Waals surface area contributed by atoms with Gasteiger partial charge < -0.3 is 14.8 Å². The molecular weight excluding hydrogens is 370 g/mol. The summed E-state index contributed by atoms with van der Waals surface area (Å²) in [5, 5.41) is 12.3. The molecule has 0 unspecified atom stereocenters. The maximum absolute atomic E-state index is 12.9. The average Bonchev–Trinajstić information content (AvgIpc) is 2.70. The van der Waals surface area contributed by atoms with Crippen LogP contribution in [0, 0.1) is 12.3 Å². The quantitative estimate of drug-likeness (QED) is 0.660. The van der Waals surface area contributed by atoms with Gasteiger partial charge in [-0.25, -0.2) is 0 Å². The van der Waals surface area contributed by atoms with E-state index in [0.717, 1.165) is 5.56 Å². The predicted octanol–water partition coefficient (Wildman–Crippen LogP) is 4.00. The summed E-state index contributed by atoms with van der Waals surface area (Å²) in [4.78, 5) is 36.8. The first-order valence-corrected chi connectivity index (χ1v) is 9.36. The summed E-state index contributed by atoms with van der Waals surface area (Å²) in [6.07, 6.45) is 0.275. The van der Waals surface area contributed by atoms with Gasteiger partial charge in [0, 0.05) is 17.7 Å². The van der Waals surface area contributed by atoms with Crippen LogP contribution in [-0.4, -0.2) is 23.5 Å². The highest BCUT2D eigenvalue weighted by Gasteiger charge is 2.27. The third-order valence-corrected chi connectivity index (χ3v) is 5.04. The van der Waals surface area contributed by atoms with Crippen molar-refractivity contribution >= 4 is 22.8 Å². The number of rotatable bonds is 6. The molecule has 0 spiro atoms. The van der Waals surface area contributed by atoms with Crippen LogP contribution in [0.3, 0.4) is 0 Å². The van der Waals surface area contributed by atoms with E-state index >= 15 is 0 Å². The summed E-state index contributed by atoms with van der Waals surface area (Å²) in [5.74, 6) is -0.913. The van der Waals surface area contributed by atoms with Gasteiger partial charge in [-0.05, 0) is 39.3 Å². The van der Waals surface area contributed by atoms with Crippen molar-refractivity contribution in [1.29, 1.82) is 0 Å². The number of fused-ring (bicyclic) bond motifs is 1. The Bertz CT molecular complexity index is 1130. The molecule has 1 aromatic heterocycles. The van der Waals surface area contributed by atoms with Gasteiger partial charge in [-0.15, -0.1) is 0 Å². The minimum atomic E-state index is -0.948. The molecule has 1 amide bonds. The first-order chi connectivity index (χ1) is 13.7. The number of nitrogens with one attached hydrogen (secondary N) is 1. The van der Waals surface area contributed by atoms with Crippen LogP contribution in [0.2, 0.25) is 0 Å². The van der Waals surface area contributed by atoms with E-state index in [-0.39, 0.29) is 29.5 Å². The molecule has 0 aliphatic rings. The minimum Gasteiger partial charge on any atom is -0.481 e. The molecule has 0 saturated carbocycles. The van der Waals surface area contributed by atoms with Crippen molar-refractivity contribution in [3.8, 4) is 11.3 Å². The molecular formula is C23H23NO5. The van der Waals surface area contributed by atoms with Crippen LogP contribution in [0.5, 0.6) is 0 Å². The largest absolute Gasteiger partial charge is 0.481 e. The van der Waals surface area contributed by atoms with Crippen LogP contribution < -0.4 is 10.7 Å². The Balaban J connectivity index is 1.99. The predicted molar refractivity (Wildman–Crippen MR) is 111 cm³/mol. The molecule has 0 fully saturated rings. The van der Waals surface area contributed by atoms with Crippen LogP contribution in [0.15, 0.2) is 57.7 Å². The van der Waals surface area contributed by atoms with Crippen molar-refractivity contribution in [2.45, 2.75) is 27.2 Å². The summed E-state index contributed by atoms with van der Waals surface area (Å²) >= 11 is 0. The van der Waals surface area contributed by atoms with Gasteiger partial charge in [0.15, 0.2) is 11.0 Å². The van der Waals surface area contributed by atoms with Gasteiger partial charge in [0.1, 0.15) is 5.76 Å². The molecule has 1 heterocycles. The fraction of sp³-hybridized carbons (Fsp3) is 0.261. The van der Waals surface area contributed by atoms with E-state index in [2.05, 4.69) is 5.32 Å². The van der Waals surface area contributed by atoms with Gasteiger partial charge in [-0.1, -0.05) is 36.4 Å². The Morgan fingerprint density at radius 2 is 1.76 bits per heavy atom. The van der Waals surface area contributed by atoms with Gasteiger partial charge in [0.05, 0.1) is 16.4 Å². The average molecular weight is 393 g/mol. The van der Waals surface area contributed by atoms with Crippen LogP contribution in [0.25, 0.3) is 22.3 Å². The maximum atomic E-state index is 12.9. The molecule has 0 aliphatic heterocycles. The molecule has 0 radical (unpaired) electrons. The number of carboxylic acid groups (broad SMARTS) is 1. The van der Waals surface area contributed by atoms with Gasteiger partial charge in [0.2, 0.25) is 0 Å². The van der Waals surface area contributed by atoms with Crippen molar-refractivity contribution in [3.63, 3.8) is 0 Å². The van der Waals surface area contributed by atoms with Gasteiger partial charge in [0.25, 0.3) is 5.91 Å². The van der Waals surface area contributed by atoms with Gasteiger partial charge >= 0.3 is 5.97 Å². The Morgan fingerprint density at radius 1 is 1.07 bits per heavy atom. The summed E-state index contributed by atoms with van der Waals surface area (Å²) in [7, 11) is 0. The molecule has 3 aromatic rings. The van der Waals surface area contributed by atoms with E-state index in [1.165, 1.54) is 0 Å². The lowest BCUT2D eigenvalue weighted by atomic mass is 9.89. The zero-order chi connectivity index (χ0) is 21.2. The van der Waals surface area contributed by atoms with E-state index < -0.39 is 17.3 Å². The summed E-state index contributed by atoms with van der Waals surface area (Å²) < 4.78 is 6.04. The smallest absolute Gasteiger partial charge is 0.309 e. The van der Waals surface area contributed by atoms with Crippen LogP contribution >= 0.6 is 0 Å². The number of hydrogen-bond acceptors (Lipinski definition) is 4. The number of amides is 1. The van der Waals surface area contributed by atoms with Crippen molar-refractivity contribution in [2.24, 2.45) is 5.41 Å². The monoisotopic (exact) mass is 393 g/mol. The molecule has 3 rings (SSSR count). The molecule has 0 aliphatic carbocycles. The van der Waals surface area contributed by atoms with E-state index in [1.807, 2.05) is 30.3 Å². The highest BCUT2D eigenvalue weighted by molar-refractivity contribution is 6.05. The number of carbonyl (C=O) groups is 2. The normalized spacial score (nSPS) is 11.4. The third kappa shape index (κ3) is 4.06. The number of carbonyl (C=O) groups excluding carboxylic acids is 1. The zero-order valence-electron chi connectivity index (χ0n) is 16.6. The first kappa shape index (κ1) is 20.3. The highest BCUT2D eigenvalue weighted by Crippen LogP contribution is 2.27. The Hall–Kier alpha value is -3.41. The molecule has 2 N–H and O–H groups in total. The molecule has 2 aromatic carbocycles. The van der Waals surface area contributed by atoms with E-state index in [4.69, 9.17) is 4.42 Å². The number of para-hydroxylation sites is 1. The lowest BCUT2D eigenvalue weighted by molar-refractivity contribution is -0.147.